The third-order valence-electron chi connectivity index (χ3n) is 7.91. The molecule has 3 fully saturated rings. The number of hydrogen-bond donors (Lipinski definition) is 1. The SMILES string of the molecule is N#Cc1ccc(OC2CCN(C(=O)c3ccc(N4CCC(CN5CCNCC5)CC4)cc3)CC2)cc1Cl. The van der Waals surface area contributed by atoms with Gasteiger partial charge in [0.1, 0.15) is 17.9 Å². The number of rotatable bonds is 6. The fourth-order valence-electron chi connectivity index (χ4n) is 5.66. The van der Waals surface area contributed by atoms with Crippen molar-refractivity contribution in [3.63, 3.8) is 0 Å². The number of nitrogens with zero attached hydrogens (tertiary/aromatic N) is 4. The Kier molecular flexibility index (Phi) is 8.50. The Hall–Kier alpha value is -2.79. The van der Waals surface area contributed by atoms with Gasteiger partial charge in [-0.05, 0) is 55.2 Å². The Morgan fingerprint density at radius 2 is 1.68 bits per heavy atom. The normalized spacial score (nSPS) is 20.0. The van der Waals surface area contributed by atoms with Crippen LogP contribution in [0.5, 0.6) is 5.75 Å². The van der Waals surface area contributed by atoms with E-state index in [1.54, 1.807) is 18.2 Å². The number of likely N-dealkylation sites (tertiary alicyclic amines) is 1. The lowest BCUT2D eigenvalue weighted by molar-refractivity contribution is 0.0595. The monoisotopic (exact) mass is 521 g/mol. The number of piperidine rings is 2. The molecule has 3 aliphatic rings. The largest absolute Gasteiger partial charge is 0.490 e. The molecule has 0 aromatic heterocycles. The second-order valence-corrected chi connectivity index (χ2v) is 10.8. The van der Waals surface area contributed by atoms with Crippen LogP contribution in [0.3, 0.4) is 0 Å². The van der Waals surface area contributed by atoms with E-state index in [9.17, 15) is 4.79 Å². The molecule has 0 bridgehead atoms. The highest BCUT2D eigenvalue weighted by Gasteiger charge is 2.26. The van der Waals surface area contributed by atoms with E-state index in [0.29, 0.717) is 29.4 Å². The van der Waals surface area contributed by atoms with Gasteiger partial charge in [-0.15, -0.1) is 0 Å². The molecule has 0 unspecified atom stereocenters. The zero-order chi connectivity index (χ0) is 25.6. The molecule has 3 saturated heterocycles. The molecule has 196 valence electrons. The fraction of sp³-hybridized carbons (Fsp3) is 0.517. The molecular formula is C29H36ClN5O2. The molecule has 3 aliphatic heterocycles. The summed E-state index contributed by atoms with van der Waals surface area (Å²) in [6, 6.07) is 15.4. The Labute approximate surface area is 224 Å². The lowest BCUT2D eigenvalue weighted by Gasteiger charge is -2.37. The van der Waals surface area contributed by atoms with Crippen molar-refractivity contribution in [2.24, 2.45) is 5.92 Å². The first kappa shape index (κ1) is 25.8. The Morgan fingerprint density at radius 3 is 2.32 bits per heavy atom. The predicted octanol–water partition coefficient (Wildman–Crippen LogP) is 4.02. The number of nitrogens with one attached hydrogen (secondary N) is 1. The van der Waals surface area contributed by atoms with Crippen LogP contribution in [0, 0.1) is 17.2 Å². The van der Waals surface area contributed by atoms with Gasteiger partial charge in [0.05, 0.1) is 10.6 Å². The molecule has 1 amide bonds. The van der Waals surface area contributed by atoms with Crippen LogP contribution < -0.4 is 15.0 Å². The van der Waals surface area contributed by atoms with Crippen LogP contribution in [-0.4, -0.2) is 80.7 Å². The average Bonchev–Trinajstić information content (AvgIpc) is 2.94. The minimum atomic E-state index is 0.0323. The van der Waals surface area contributed by atoms with Gasteiger partial charge in [0.15, 0.2) is 0 Å². The zero-order valence-corrected chi connectivity index (χ0v) is 22.1. The number of amides is 1. The first-order chi connectivity index (χ1) is 18.1. The summed E-state index contributed by atoms with van der Waals surface area (Å²) in [7, 11) is 0. The van der Waals surface area contributed by atoms with Crippen LogP contribution >= 0.6 is 11.6 Å². The van der Waals surface area contributed by atoms with Crippen LogP contribution in [-0.2, 0) is 0 Å². The highest BCUT2D eigenvalue weighted by molar-refractivity contribution is 6.31. The quantitative estimate of drug-likeness (QED) is 0.619. The van der Waals surface area contributed by atoms with Crippen molar-refractivity contribution in [1.82, 2.24) is 15.1 Å². The molecule has 0 spiro atoms. The van der Waals surface area contributed by atoms with Gasteiger partial charge in [-0.1, -0.05) is 11.6 Å². The molecule has 2 aromatic carbocycles. The molecule has 8 heteroatoms. The van der Waals surface area contributed by atoms with Gasteiger partial charge in [-0.25, -0.2) is 0 Å². The number of ether oxygens (including phenoxy) is 1. The standard InChI is InChI=1S/C29H36ClN5O2/c30-28-19-27(6-3-24(28)20-31)37-26-9-15-35(16-10-26)29(36)23-1-4-25(5-2-23)34-13-7-22(8-14-34)21-33-17-11-32-12-18-33/h1-6,19,22,26,32H,7-18,21H2. The number of carbonyl (C=O) groups excluding carboxylic acids is 1. The summed E-state index contributed by atoms with van der Waals surface area (Å²) in [4.78, 5) is 20.1. The topological polar surface area (TPSA) is 71.8 Å². The predicted molar refractivity (Wildman–Crippen MR) is 146 cm³/mol. The van der Waals surface area contributed by atoms with Crippen molar-refractivity contribution < 1.29 is 9.53 Å². The minimum absolute atomic E-state index is 0.0323. The highest BCUT2D eigenvalue weighted by atomic mass is 35.5. The summed E-state index contributed by atoms with van der Waals surface area (Å²) < 4.78 is 6.06. The molecule has 0 aliphatic carbocycles. The molecule has 2 aromatic rings. The maximum atomic E-state index is 13.1. The van der Waals surface area contributed by atoms with E-state index in [1.165, 1.54) is 38.2 Å². The molecule has 3 heterocycles. The van der Waals surface area contributed by atoms with E-state index in [1.807, 2.05) is 17.0 Å². The number of halogens is 1. The molecular weight excluding hydrogens is 486 g/mol. The van der Waals surface area contributed by atoms with Crippen molar-refractivity contribution in [3.8, 4) is 11.8 Å². The van der Waals surface area contributed by atoms with Crippen molar-refractivity contribution in [2.75, 3.05) is 63.8 Å². The Morgan fingerprint density at radius 1 is 0.973 bits per heavy atom. The summed E-state index contributed by atoms with van der Waals surface area (Å²) in [5.74, 6) is 1.54. The van der Waals surface area contributed by atoms with E-state index >= 15 is 0 Å². The Bertz CT molecular complexity index is 1100. The minimum Gasteiger partial charge on any atom is -0.490 e. The zero-order valence-electron chi connectivity index (χ0n) is 21.4. The number of carbonyl (C=O) groups is 1. The smallest absolute Gasteiger partial charge is 0.253 e. The van der Waals surface area contributed by atoms with Crippen molar-refractivity contribution >= 4 is 23.2 Å². The summed E-state index contributed by atoms with van der Waals surface area (Å²) in [6.07, 6.45) is 4.03. The maximum absolute atomic E-state index is 13.1. The summed E-state index contributed by atoms with van der Waals surface area (Å²) in [5, 5.41) is 12.9. The van der Waals surface area contributed by atoms with Crippen LogP contribution in [0.2, 0.25) is 5.02 Å². The van der Waals surface area contributed by atoms with Crippen LogP contribution in [0.1, 0.15) is 41.6 Å². The molecule has 0 saturated carbocycles. The molecule has 1 N–H and O–H groups in total. The van der Waals surface area contributed by atoms with E-state index in [4.69, 9.17) is 21.6 Å². The third-order valence-corrected chi connectivity index (χ3v) is 8.23. The lowest BCUT2D eigenvalue weighted by atomic mass is 9.95. The van der Waals surface area contributed by atoms with E-state index in [2.05, 4.69) is 33.3 Å². The van der Waals surface area contributed by atoms with Gasteiger partial charge in [-0.2, -0.15) is 5.26 Å². The number of nitriles is 1. The molecule has 5 rings (SSSR count). The molecule has 0 atom stereocenters. The number of benzene rings is 2. The summed E-state index contributed by atoms with van der Waals surface area (Å²) in [6.45, 7) is 9.30. The first-order valence-corrected chi connectivity index (χ1v) is 13.9. The van der Waals surface area contributed by atoms with Gasteiger partial charge in [-0.3, -0.25) is 4.79 Å². The van der Waals surface area contributed by atoms with Crippen molar-refractivity contribution in [3.05, 3.63) is 58.6 Å². The van der Waals surface area contributed by atoms with E-state index in [0.717, 1.165) is 50.5 Å². The molecule has 37 heavy (non-hydrogen) atoms. The highest BCUT2D eigenvalue weighted by Crippen LogP contribution is 2.27. The van der Waals surface area contributed by atoms with Crippen molar-refractivity contribution in [1.29, 1.82) is 5.26 Å². The Balaban J connectivity index is 1.07. The van der Waals surface area contributed by atoms with Gasteiger partial charge in [0.2, 0.25) is 0 Å². The molecule has 7 nitrogen and oxygen atoms in total. The van der Waals surface area contributed by atoms with Crippen LogP contribution in [0.15, 0.2) is 42.5 Å². The van der Waals surface area contributed by atoms with Gasteiger partial charge >= 0.3 is 0 Å². The molecule has 0 radical (unpaired) electrons. The lowest BCUT2D eigenvalue weighted by Crippen LogP contribution is -2.46. The first-order valence-electron chi connectivity index (χ1n) is 13.5. The number of anilines is 1. The summed E-state index contributed by atoms with van der Waals surface area (Å²) >= 11 is 6.12. The average molecular weight is 522 g/mol. The number of hydrogen-bond acceptors (Lipinski definition) is 6. The van der Waals surface area contributed by atoms with Gasteiger partial charge < -0.3 is 24.8 Å². The van der Waals surface area contributed by atoms with Gasteiger partial charge in [0.25, 0.3) is 5.91 Å². The summed E-state index contributed by atoms with van der Waals surface area (Å²) in [5.41, 5.74) is 2.40. The fourth-order valence-corrected chi connectivity index (χ4v) is 5.87. The van der Waals surface area contributed by atoms with E-state index in [-0.39, 0.29) is 12.0 Å². The second kappa shape index (κ2) is 12.2. The number of piperazine rings is 1. The van der Waals surface area contributed by atoms with Crippen molar-refractivity contribution in [2.45, 2.75) is 31.8 Å². The third kappa shape index (κ3) is 6.56. The van der Waals surface area contributed by atoms with E-state index < -0.39 is 0 Å². The van der Waals surface area contributed by atoms with Crippen LogP contribution in [0.25, 0.3) is 0 Å². The second-order valence-electron chi connectivity index (χ2n) is 10.4. The van der Waals surface area contributed by atoms with Gasteiger partial charge in [0, 0.05) is 89.1 Å². The van der Waals surface area contributed by atoms with Crippen LogP contribution in [0.4, 0.5) is 5.69 Å². The maximum Gasteiger partial charge on any atom is 0.253 e.